The quantitative estimate of drug-likeness (QED) is 0.754. The summed E-state index contributed by atoms with van der Waals surface area (Å²) < 4.78 is 45.1. The van der Waals surface area contributed by atoms with Crippen LogP contribution < -0.4 is 10.6 Å². The predicted octanol–water partition coefficient (Wildman–Crippen LogP) is 2.50. The Kier molecular flexibility index (Phi) is 6.25. The van der Waals surface area contributed by atoms with Crippen molar-refractivity contribution in [1.29, 1.82) is 0 Å². The Balaban J connectivity index is 1.52. The fourth-order valence-electron chi connectivity index (χ4n) is 2.64. The van der Waals surface area contributed by atoms with Gasteiger partial charge in [0.15, 0.2) is 17.5 Å². The van der Waals surface area contributed by atoms with Crippen molar-refractivity contribution in [1.82, 2.24) is 9.88 Å². The summed E-state index contributed by atoms with van der Waals surface area (Å²) in [6.45, 7) is 4.91. The molecule has 0 saturated carbocycles. The zero-order chi connectivity index (χ0) is 19.2. The highest BCUT2D eigenvalue weighted by Gasteiger charge is 2.19. The van der Waals surface area contributed by atoms with E-state index < -0.39 is 28.9 Å². The highest BCUT2D eigenvalue weighted by Crippen LogP contribution is 2.17. The number of hydrogen-bond acceptors (Lipinski definition) is 5. The summed E-state index contributed by atoms with van der Waals surface area (Å²) in [6.07, 6.45) is 1.52. The van der Waals surface area contributed by atoms with Gasteiger partial charge in [0, 0.05) is 26.2 Å². The molecule has 0 unspecified atom stereocenters. The van der Waals surface area contributed by atoms with Crippen LogP contribution in [0, 0.1) is 17.5 Å². The van der Waals surface area contributed by atoms with Crippen molar-refractivity contribution >= 4 is 17.4 Å². The highest BCUT2D eigenvalue weighted by atomic mass is 19.2. The van der Waals surface area contributed by atoms with Crippen LogP contribution >= 0.6 is 0 Å². The van der Waals surface area contributed by atoms with Gasteiger partial charge in [0.2, 0.25) is 0 Å². The Hall–Kier alpha value is -2.65. The van der Waals surface area contributed by atoms with Gasteiger partial charge in [0.1, 0.15) is 5.82 Å². The number of nitrogens with one attached hydrogen (secondary N) is 2. The van der Waals surface area contributed by atoms with Crippen LogP contribution in [0.15, 0.2) is 30.5 Å². The number of pyridine rings is 1. The lowest BCUT2D eigenvalue weighted by atomic mass is 10.2. The number of rotatable bonds is 6. The van der Waals surface area contributed by atoms with Gasteiger partial charge in [-0.2, -0.15) is 0 Å². The van der Waals surface area contributed by atoms with Crippen LogP contribution in [0.3, 0.4) is 0 Å². The van der Waals surface area contributed by atoms with E-state index in [1.807, 2.05) is 0 Å². The molecule has 2 heterocycles. The van der Waals surface area contributed by atoms with Crippen LogP contribution in [-0.4, -0.2) is 55.2 Å². The molecule has 1 aromatic carbocycles. The first-order valence-electron chi connectivity index (χ1n) is 8.49. The minimum Gasteiger partial charge on any atom is -0.383 e. The van der Waals surface area contributed by atoms with Crippen LogP contribution in [0.4, 0.5) is 24.7 Å². The van der Waals surface area contributed by atoms with E-state index >= 15 is 0 Å². The third-order valence-electron chi connectivity index (χ3n) is 4.15. The van der Waals surface area contributed by atoms with Crippen LogP contribution in [0.5, 0.6) is 0 Å². The predicted molar refractivity (Wildman–Crippen MR) is 94.3 cm³/mol. The molecule has 2 N–H and O–H groups in total. The van der Waals surface area contributed by atoms with E-state index in [1.54, 1.807) is 6.07 Å². The van der Waals surface area contributed by atoms with E-state index in [4.69, 9.17) is 4.74 Å². The van der Waals surface area contributed by atoms with Gasteiger partial charge in [-0.3, -0.25) is 9.69 Å². The minimum atomic E-state index is -1.68. The van der Waals surface area contributed by atoms with Crippen LogP contribution in [0.1, 0.15) is 10.4 Å². The lowest BCUT2D eigenvalue weighted by Gasteiger charge is -2.26. The van der Waals surface area contributed by atoms with E-state index in [1.165, 1.54) is 12.3 Å². The molecule has 3 rings (SSSR count). The average molecular weight is 380 g/mol. The summed E-state index contributed by atoms with van der Waals surface area (Å²) in [5, 5.41) is 5.57. The van der Waals surface area contributed by atoms with Crippen LogP contribution in [0.25, 0.3) is 0 Å². The summed E-state index contributed by atoms with van der Waals surface area (Å²) in [7, 11) is 0. The number of ether oxygens (including phenoxy) is 1. The minimum absolute atomic E-state index is 0.169. The molecule has 0 aliphatic carbocycles. The Labute approximate surface area is 154 Å². The molecule has 1 aliphatic heterocycles. The zero-order valence-corrected chi connectivity index (χ0v) is 14.5. The number of hydrogen-bond donors (Lipinski definition) is 2. The smallest absolute Gasteiger partial charge is 0.259 e. The third kappa shape index (κ3) is 4.95. The molecule has 0 atom stereocenters. The molecule has 1 saturated heterocycles. The number of carbonyl (C=O) groups excluding carboxylic acids is 1. The number of anilines is 2. The maximum atomic E-state index is 13.7. The Morgan fingerprint density at radius 3 is 2.59 bits per heavy atom. The second-order valence-electron chi connectivity index (χ2n) is 5.99. The van der Waals surface area contributed by atoms with E-state index in [0.717, 1.165) is 51.1 Å². The normalized spacial score (nSPS) is 14.8. The Bertz CT molecular complexity index is 796. The summed E-state index contributed by atoms with van der Waals surface area (Å²) >= 11 is 0. The zero-order valence-electron chi connectivity index (χ0n) is 14.5. The molecular formula is C18H19F3N4O2. The molecule has 144 valence electrons. The summed E-state index contributed by atoms with van der Waals surface area (Å²) in [4.78, 5) is 18.4. The summed E-state index contributed by atoms with van der Waals surface area (Å²) in [5.74, 6) is -5.31. The van der Waals surface area contributed by atoms with Gasteiger partial charge >= 0.3 is 0 Å². The molecule has 0 radical (unpaired) electrons. The van der Waals surface area contributed by atoms with Crippen molar-refractivity contribution in [2.24, 2.45) is 0 Å². The Morgan fingerprint density at radius 1 is 1.11 bits per heavy atom. The third-order valence-corrected chi connectivity index (χ3v) is 4.15. The van der Waals surface area contributed by atoms with E-state index in [2.05, 4.69) is 20.5 Å². The standard InChI is InChI=1S/C18H19F3N4O2/c19-14-3-2-13(16(20)17(14)21)18(26)24-15-4-1-12(11-23-15)22-5-6-25-7-9-27-10-8-25/h1-4,11,22H,5-10H2,(H,23,24,26). The monoisotopic (exact) mass is 380 g/mol. The van der Waals surface area contributed by atoms with Gasteiger partial charge in [-0.1, -0.05) is 0 Å². The summed E-state index contributed by atoms with van der Waals surface area (Å²) in [6, 6.07) is 4.82. The number of halogens is 3. The maximum absolute atomic E-state index is 13.7. The molecule has 1 fully saturated rings. The largest absolute Gasteiger partial charge is 0.383 e. The fourth-order valence-corrected chi connectivity index (χ4v) is 2.64. The number of aromatic nitrogens is 1. The van der Waals surface area contributed by atoms with Gasteiger partial charge in [-0.25, -0.2) is 18.2 Å². The van der Waals surface area contributed by atoms with Crippen molar-refractivity contribution in [3.63, 3.8) is 0 Å². The molecule has 0 bridgehead atoms. The molecule has 1 amide bonds. The topological polar surface area (TPSA) is 66.5 Å². The molecule has 9 heteroatoms. The van der Waals surface area contributed by atoms with Crippen molar-refractivity contribution in [3.05, 3.63) is 53.5 Å². The first kappa shape index (κ1) is 19.1. The maximum Gasteiger partial charge on any atom is 0.259 e. The molecular weight excluding hydrogens is 361 g/mol. The second kappa shape index (κ2) is 8.83. The highest BCUT2D eigenvalue weighted by molar-refractivity contribution is 6.04. The van der Waals surface area contributed by atoms with Crippen molar-refractivity contribution in [3.8, 4) is 0 Å². The molecule has 2 aromatic rings. The number of morpholine rings is 1. The van der Waals surface area contributed by atoms with E-state index in [0.29, 0.717) is 6.07 Å². The number of carbonyl (C=O) groups is 1. The molecule has 1 aliphatic rings. The molecule has 1 aromatic heterocycles. The Morgan fingerprint density at radius 2 is 1.89 bits per heavy atom. The SMILES string of the molecule is O=C(Nc1ccc(NCCN2CCOCC2)cn1)c1ccc(F)c(F)c1F. The number of amides is 1. The molecule has 6 nitrogen and oxygen atoms in total. The molecule has 0 spiro atoms. The lowest BCUT2D eigenvalue weighted by Crippen LogP contribution is -2.39. The van der Waals surface area contributed by atoms with E-state index in [-0.39, 0.29) is 5.82 Å². The molecule has 27 heavy (non-hydrogen) atoms. The number of nitrogens with zero attached hydrogens (tertiary/aromatic N) is 2. The number of benzene rings is 1. The lowest BCUT2D eigenvalue weighted by molar-refractivity contribution is 0.0398. The summed E-state index contributed by atoms with van der Waals surface area (Å²) in [5.41, 5.74) is 0.170. The first-order valence-corrected chi connectivity index (χ1v) is 8.49. The van der Waals surface area contributed by atoms with Gasteiger partial charge in [-0.05, 0) is 24.3 Å². The second-order valence-corrected chi connectivity index (χ2v) is 5.99. The van der Waals surface area contributed by atoms with Gasteiger partial charge < -0.3 is 15.4 Å². The van der Waals surface area contributed by atoms with Crippen molar-refractivity contribution in [2.75, 3.05) is 50.0 Å². The van der Waals surface area contributed by atoms with Crippen LogP contribution in [-0.2, 0) is 4.74 Å². The van der Waals surface area contributed by atoms with Crippen molar-refractivity contribution < 1.29 is 22.7 Å². The average Bonchev–Trinajstić information content (AvgIpc) is 2.68. The van der Waals surface area contributed by atoms with E-state index in [9.17, 15) is 18.0 Å². The van der Waals surface area contributed by atoms with Crippen LogP contribution in [0.2, 0.25) is 0 Å². The first-order chi connectivity index (χ1) is 13.0. The van der Waals surface area contributed by atoms with Crippen molar-refractivity contribution in [2.45, 2.75) is 0 Å². The van der Waals surface area contributed by atoms with Gasteiger partial charge in [0.25, 0.3) is 5.91 Å². The fraction of sp³-hybridized carbons (Fsp3) is 0.333. The van der Waals surface area contributed by atoms with Gasteiger partial charge in [-0.15, -0.1) is 0 Å². The van der Waals surface area contributed by atoms with Gasteiger partial charge in [0.05, 0.1) is 30.7 Å².